The lowest BCUT2D eigenvalue weighted by Crippen LogP contribution is -2.51. The first-order chi connectivity index (χ1) is 16.0. The zero-order valence-electron chi connectivity index (χ0n) is 19.1. The molecule has 1 aromatic heterocycles. The van der Waals surface area contributed by atoms with E-state index in [1.807, 2.05) is 60.8 Å². The second-order valence-electron chi connectivity index (χ2n) is 9.59. The molecular formula is C28H31N2O3+. The minimum Gasteiger partial charge on any atom is -0.457 e. The lowest BCUT2D eigenvalue weighted by atomic mass is 9.91. The van der Waals surface area contributed by atoms with Gasteiger partial charge in [-0.15, -0.1) is 0 Å². The Morgan fingerprint density at radius 2 is 1.79 bits per heavy atom. The number of hydrogen-bond acceptors (Lipinski definition) is 4. The first kappa shape index (κ1) is 21.8. The molecule has 5 rings (SSSR count). The molecule has 0 amide bonds. The standard InChI is InChI=1S/C28H31N2O3/c1-30(17-7-10-21-9-6-16-29-19-21)18-8-11-22(30)20-33-27(31)28(32)25-14-4-2-12-23(25)24-13-3-5-15-26(24)28/h2-6,9,12-16,19,22,32H,7-8,10-11,17-18,20H2,1H3/q+1/t22?,30-/m1/s1. The lowest BCUT2D eigenvalue weighted by molar-refractivity contribution is -0.921. The van der Waals surface area contributed by atoms with Crippen molar-refractivity contribution >= 4 is 5.97 Å². The summed E-state index contributed by atoms with van der Waals surface area (Å²) < 4.78 is 6.77. The van der Waals surface area contributed by atoms with Gasteiger partial charge in [-0.2, -0.15) is 0 Å². The van der Waals surface area contributed by atoms with E-state index in [-0.39, 0.29) is 6.04 Å². The van der Waals surface area contributed by atoms with Crippen LogP contribution < -0.4 is 0 Å². The molecule has 1 aliphatic heterocycles. The third-order valence-corrected chi connectivity index (χ3v) is 7.57. The van der Waals surface area contributed by atoms with Gasteiger partial charge in [0.15, 0.2) is 0 Å². The molecule has 1 fully saturated rings. The second kappa shape index (κ2) is 8.73. The van der Waals surface area contributed by atoms with E-state index in [4.69, 9.17) is 4.74 Å². The number of likely N-dealkylation sites (tertiary alicyclic amines) is 1. The van der Waals surface area contributed by atoms with Crippen molar-refractivity contribution in [3.8, 4) is 11.1 Å². The molecule has 2 heterocycles. The number of rotatable bonds is 7. The van der Waals surface area contributed by atoms with Gasteiger partial charge >= 0.3 is 5.97 Å². The van der Waals surface area contributed by atoms with Crippen LogP contribution in [0.3, 0.4) is 0 Å². The van der Waals surface area contributed by atoms with Crippen LogP contribution in [0.2, 0.25) is 0 Å². The molecule has 2 atom stereocenters. The fourth-order valence-corrected chi connectivity index (χ4v) is 5.64. The number of carbonyl (C=O) groups is 1. The smallest absolute Gasteiger partial charge is 0.347 e. The Bertz CT molecular complexity index is 1100. The number of aliphatic hydroxyl groups is 1. The molecule has 5 nitrogen and oxygen atoms in total. The van der Waals surface area contributed by atoms with Crippen LogP contribution >= 0.6 is 0 Å². The Balaban J connectivity index is 1.27. The molecule has 0 bridgehead atoms. The number of hydrogen-bond donors (Lipinski definition) is 1. The fourth-order valence-electron chi connectivity index (χ4n) is 5.64. The molecule has 5 heteroatoms. The summed E-state index contributed by atoms with van der Waals surface area (Å²) in [6.07, 6.45) is 7.96. The topological polar surface area (TPSA) is 59.4 Å². The molecule has 0 radical (unpaired) electrons. The lowest BCUT2D eigenvalue weighted by Gasteiger charge is -2.36. The molecule has 1 saturated heterocycles. The summed E-state index contributed by atoms with van der Waals surface area (Å²) in [5.74, 6) is -0.575. The van der Waals surface area contributed by atoms with Crippen molar-refractivity contribution in [1.29, 1.82) is 0 Å². The normalized spacial score (nSPS) is 22.5. The second-order valence-corrected chi connectivity index (χ2v) is 9.59. The van der Waals surface area contributed by atoms with Crippen LogP contribution in [0.5, 0.6) is 0 Å². The Labute approximate surface area is 195 Å². The number of pyridine rings is 1. The quantitative estimate of drug-likeness (QED) is 0.442. The number of esters is 1. The maximum Gasteiger partial charge on any atom is 0.347 e. The summed E-state index contributed by atoms with van der Waals surface area (Å²) >= 11 is 0. The maximum absolute atomic E-state index is 13.4. The van der Waals surface area contributed by atoms with Crippen molar-refractivity contribution < 1.29 is 19.1 Å². The average Bonchev–Trinajstić information content (AvgIpc) is 3.34. The molecule has 2 aromatic carbocycles. The van der Waals surface area contributed by atoms with E-state index in [9.17, 15) is 9.90 Å². The van der Waals surface area contributed by atoms with Crippen molar-refractivity contribution in [2.24, 2.45) is 0 Å². The van der Waals surface area contributed by atoms with E-state index in [2.05, 4.69) is 18.1 Å². The average molecular weight is 444 g/mol. The number of fused-ring (bicyclic) bond motifs is 3. The van der Waals surface area contributed by atoms with E-state index in [0.29, 0.717) is 17.7 Å². The Morgan fingerprint density at radius 3 is 2.45 bits per heavy atom. The Hall–Kier alpha value is -3.02. The van der Waals surface area contributed by atoms with Crippen LogP contribution in [0, 0.1) is 0 Å². The molecule has 3 aromatic rings. The Kier molecular flexibility index (Phi) is 5.77. The van der Waals surface area contributed by atoms with Crippen molar-refractivity contribution in [3.05, 3.63) is 89.7 Å². The Morgan fingerprint density at radius 1 is 1.09 bits per heavy atom. The van der Waals surface area contributed by atoms with Crippen LogP contribution in [-0.4, -0.2) is 53.3 Å². The predicted molar refractivity (Wildman–Crippen MR) is 127 cm³/mol. The highest BCUT2D eigenvalue weighted by Gasteiger charge is 2.50. The molecule has 0 spiro atoms. The number of aryl methyl sites for hydroxylation is 1. The molecular weight excluding hydrogens is 412 g/mol. The minimum absolute atomic E-state index is 0.248. The van der Waals surface area contributed by atoms with Gasteiger partial charge < -0.3 is 14.3 Å². The van der Waals surface area contributed by atoms with Crippen LogP contribution in [-0.2, 0) is 21.6 Å². The zero-order valence-corrected chi connectivity index (χ0v) is 19.1. The number of quaternary nitrogens is 1. The molecule has 1 aliphatic carbocycles. The highest BCUT2D eigenvalue weighted by molar-refractivity contribution is 5.96. The van der Waals surface area contributed by atoms with Gasteiger partial charge in [0.05, 0.1) is 20.1 Å². The van der Waals surface area contributed by atoms with E-state index in [0.717, 1.165) is 54.4 Å². The minimum atomic E-state index is -1.75. The fraction of sp³-hybridized carbons (Fsp3) is 0.357. The van der Waals surface area contributed by atoms with Crippen LogP contribution in [0.15, 0.2) is 73.1 Å². The van der Waals surface area contributed by atoms with Crippen molar-refractivity contribution in [2.45, 2.75) is 37.3 Å². The van der Waals surface area contributed by atoms with E-state index in [1.54, 1.807) is 6.20 Å². The summed E-state index contributed by atoms with van der Waals surface area (Å²) in [6.45, 7) is 2.45. The van der Waals surface area contributed by atoms with Gasteiger partial charge in [0.25, 0.3) is 0 Å². The van der Waals surface area contributed by atoms with Gasteiger partial charge in [0.1, 0.15) is 12.6 Å². The van der Waals surface area contributed by atoms with Gasteiger partial charge in [0, 0.05) is 42.8 Å². The molecule has 1 N–H and O–H groups in total. The largest absolute Gasteiger partial charge is 0.457 e. The maximum atomic E-state index is 13.4. The van der Waals surface area contributed by atoms with Crippen molar-refractivity contribution in [3.63, 3.8) is 0 Å². The SMILES string of the molecule is C[N@@+]1(CCCc2cccnc2)CCCC1COC(=O)C1(O)c2ccccc2-c2ccccc21. The van der Waals surface area contributed by atoms with E-state index < -0.39 is 11.6 Å². The van der Waals surface area contributed by atoms with Gasteiger partial charge in [-0.25, -0.2) is 4.79 Å². The predicted octanol–water partition coefficient (Wildman–Crippen LogP) is 4.08. The summed E-state index contributed by atoms with van der Waals surface area (Å²) in [7, 11) is 2.27. The van der Waals surface area contributed by atoms with Gasteiger partial charge in [-0.05, 0) is 29.2 Å². The highest BCUT2D eigenvalue weighted by atomic mass is 16.6. The third kappa shape index (κ3) is 3.85. The first-order valence-electron chi connectivity index (χ1n) is 11.8. The molecule has 1 unspecified atom stereocenters. The summed E-state index contributed by atoms with van der Waals surface area (Å²) in [5.41, 5.74) is 2.50. The van der Waals surface area contributed by atoms with Crippen molar-refractivity contribution in [2.75, 3.05) is 26.7 Å². The van der Waals surface area contributed by atoms with E-state index in [1.165, 1.54) is 5.56 Å². The first-order valence-corrected chi connectivity index (χ1v) is 11.8. The number of benzene rings is 2. The van der Waals surface area contributed by atoms with Crippen LogP contribution in [0.25, 0.3) is 11.1 Å². The third-order valence-electron chi connectivity index (χ3n) is 7.57. The highest BCUT2D eigenvalue weighted by Crippen LogP contribution is 2.48. The number of carbonyl (C=O) groups excluding carboxylic acids is 1. The monoisotopic (exact) mass is 443 g/mol. The number of ether oxygens (including phenoxy) is 1. The van der Waals surface area contributed by atoms with Crippen LogP contribution in [0.1, 0.15) is 36.0 Å². The van der Waals surface area contributed by atoms with E-state index >= 15 is 0 Å². The summed E-state index contributed by atoms with van der Waals surface area (Å²) in [5, 5.41) is 11.7. The molecule has 2 aliphatic rings. The van der Waals surface area contributed by atoms with Gasteiger partial charge in [-0.3, -0.25) is 4.98 Å². The van der Waals surface area contributed by atoms with Crippen LogP contribution in [0.4, 0.5) is 0 Å². The molecule has 33 heavy (non-hydrogen) atoms. The number of nitrogens with zero attached hydrogens (tertiary/aromatic N) is 2. The summed E-state index contributed by atoms with van der Waals surface area (Å²) in [6, 6.07) is 19.5. The van der Waals surface area contributed by atoms with Crippen molar-refractivity contribution in [1.82, 2.24) is 4.98 Å². The zero-order chi connectivity index (χ0) is 22.9. The van der Waals surface area contributed by atoms with Gasteiger partial charge in [0.2, 0.25) is 5.60 Å². The molecule has 170 valence electrons. The van der Waals surface area contributed by atoms with Gasteiger partial charge in [-0.1, -0.05) is 54.6 Å². The summed E-state index contributed by atoms with van der Waals surface area (Å²) in [4.78, 5) is 17.6. The molecule has 0 saturated carbocycles. The number of likely N-dealkylation sites (N-methyl/N-ethyl adjacent to an activating group) is 1. The number of aromatic nitrogens is 1.